The van der Waals surface area contributed by atoms with Crippen LogP contribution in [0.3, 0.4) is 0 Å². The quantitative estimate of drug-likeness (QED) is 0.723. The molecule has 2 aromatic carbocycles. The predicted molar refractivity (Wildman–Crippen MR) is 71.7 cm³/mol. The summed E-state index contributed by atoms with van der Waals surface area (Å²) in [7, 11) is 0. The molecular weight excluding hydrogens is 240 g/mol. The van der Waals surface area contributed by atoms with Crippen molar-refractivity contribution in [1.29, 1.82) is 0 Å². The van der Waals surface area contributed by atoms with Crippen LogP contribution in [-0.4, -0.2) is 11.8 Å². The van der Waals surface area contributed by atoms with Gasteiger partial charge in [-0.2, -0.15) is 0 Å². The smallest absolute Gasteiger partial charge is 0.248 e. The Kier molecular flexibility index (Phi) is 2.38. The van der Waals surface area contributed by atoms with Crippen LogP contribution in [0.4, 0.5) is 0 Å². The lowest BCUT2D eigenvalue weighted by molar-refractivity contribution is 0.0992. The molecule has 19 heavy (non-hydrogen) atoms. The third kappa shape index (κ3) is 1.78. The Morgan fingerprint density at radius 3 is 1.58 bits per heavy atom. The number of amides is 2. The fourth-order valence-electron chi connectivity index (χ4n) is 2.52. The zero-order chi connectivity index (χ0) is 13.6. The van der Waals surface area contributed by atoms with E-state index in [1.165, 1.54) is 0 Å². The molecule has 0 aromatic heterocycles. The molecular formula is C15H12N2O2. The van der Waals surface area contributed by atoms with Crippen LogP contribution in [0, 0.1) is 0 Å². The number of carbonyl (C=O) groups excluding carboxylic acids is 2. The van der Waals surface area contributed by atoms with Crippen molar-refractivity contribution >= 4 is 11.8 Å². The minimum atomic E-state index is -0.434. The highest BCUT2D eigenvalue weighted by molar-refractivity contribution is 5.96. The Labute approximate surface area is 110 Å². The van der Waals surface area contributed by atoms with Gasteiger partial charge < -0.3 is 11.5 Å². The summed E-state index contributed by atoms with van der Waals surface area (Å²) in [6.45, 7) is 0. The second-order valence-electron chi connectivity index (χ2n) is 4.65. The number of rotatable bonds is 2. The molecule has 1 aliphatic carbocycles. The predicted octanol–water partition coefficient (Wildman–Crippen LogP) is 1.46. The van der Waals surface area contributed by atoms with E-state index in [0.717, 1.165) is 22.3 Å². The van der Waals surface area contributed by atoms with E-state index in [1.54, 1.807) is 12.1 Å². The fourth-order valence-corrected chi connectivity index (χ4v) is 2.52. The van der Waals surface area contributed by atoms with Crippen LogP contribution in [0.2, 0.25) is 0 Å². The van der Waals surface area contributed by atoms with Crippen molar-refractivity contribution in [3.8, 4) is 11.1 Å². The summed E-state index contributed by atoms with van der Waals surface area (Å²) in [6.07, 6.45) is 0.687. The van der Waals surface area contributed by atoms with E-state index in [0.29, 0.717) is 17.5 Å². The van der Waals surface area contributed by atoms with Crippen LogP contribution >= 0.6 is 0 Å². The number of benzene rings is 2. The zero-order valence-corrected chi connectivity index (χ0v) is 10.1. The average molecular weight is 252 g/mol. The third-order valence-electron chi connectivity index (χ3n) is 3.45. The number of carbonyl (C=O) groups is 2. The van der Waals surface area contributed by atoms with Crippen molar-refractivity contribution < 1.29 is 9.59 Å². The molecule has 3 rings (SSSR count). The van der Waals surface area contributed by atoms with Crippen LogP contribution in [0.25, 0.3) is 11.1 Å². The van der Waals surface area contributed by atoms with Gasteiger partial charge in [0.1, 0.15) is 0 Å². The van der Waals surface area contributed by atoms with Gasteiger partial charge >= 0.3 is 0 Å². The zero-order valence-electron chi connectivity index (χ0n) is 10.1. The number of hydrogen-bond acceptors (Lipinski definition) is 2. The van der Waals surface area contributed by atoms with E-state index in [2.05, 4.69) is 0 Å². The van der Waals surface area contributed by atoms with Gasteiger partial charge in [-0.1, -0.05) is 12.1 Å². The molecule has 4 heteroatoms. The van der Waals surface area contributed by atoms with E-state index >= 15 is 0 Å². The Hall–Kier alpha value is -2.62. The maximum atomic E-state index is 11.2. The van der Waals surface area contributed by atoms with Crippen molar-refractivity contribution in [3.05, 3.63) is 58.7 Å². The summed E-state index contributed by atoms with van der Waals surface area (Å²) in [4.78, 5) is 22.4. The van der Waals surface area contributed by atoms with E-state index < -0.39 is 11.8 Å². The third-order valence-corrected chi connectivity index (χ3v) is 3.45. The largest absolute Gasteiger partial charge is 0.366 e. The summed E-state index contributed by atoms with van der Waals surface area (Å²) >= 11 is 0. The number of nitrogens with two attached hydrogens (primary N) is 2. The average Bonchev–Trinajstić information content (AvgIpc) is 2.74. The molecule has 1 aliphatic rings. The molecule has 0 saturated carbocycles. The second kappa shape index (κ2) is 3.95. The minimum Gasteiger partial charge on any atom is -0.366 e. The van der Waals surface area contributed by atoms with Gasteiger partial charge in [0.05, 0.1) is 0 Å². The molecule has 94 valence electrons. The van der Waals surface area contributed by atoms with E-state index in [-0.39, 0.29) is 0 Å². The molecule has 0 unspecified atom stereocenters. The van der Waals surface area contributed by atoms with E-state index in [9.17, 15) is 9.59 Å². The van der Waals surface area contributed by atoms with Crippen molar-refractivity contribution in [3.63, 3.8) is 0 Å². The second-order valence-corrected chi connectivity index (χ2v) is 4.65. The minimum absolute atomic E-state index is 0.434. The Morgan fingerprint density at radius 1 is 0.789 bits per heavy atom. The normalized spacial score (nSPS) is 11.8. The molecule has 0 atom stereocenters. The van der Waals surface area contributed by atoms with Gasteiger partial charge in [0.15, 0.2) is 0 Å². The molecule has 0 fully saturated rings. The van der Waals surface area contributed by atoms with Gasteiger partial charge in [-0.25, -0.2) is 0 Å². The van der Waals surface area contributed by atoms with Crippen molar-refractivity contribution in [1.82, 2.24) is 0 Å². The summed E-state index contributed by atoms with van der Waals surface area (Å²) in [5.41, 5.74) is 15.8. The van der Waals surface area contributed by atoms with Gasteiger partial charge in [-0.3, -0.25) is 9.59 Å². The van der Waals surface area contributed by atoms with Gasteiger partial charge in [0.25, 0.3) is 0 Å². The lowest BCUT2D eigenvalue weighted by Crippen LogP contribution is -2.11. The molecule has 0 bridgehead atoms. The van der Waals surface area contributed by atoms with Gasteiger partial charge in [0.2, 0.25) is 11.8 Å². The molecule has 0 aliphatic heterocycles. The van der Waals surface area contributed by atoms with E-state index in [4.69, 9.17) is 11.5 Å². The van der Waals surface area contributed by atoms with Gasteiger partial charge in [-0.05, 0) is 52.9 Å². The molecule has 2 aromatic rings. The maximum absolute atomic E-state index is 11.2. The Morgan fingerprint density at radius 2 is 1.21 bits per heavy atom. The highest BCUT2D eigenvalue weighted by atomic mass is 16.1. The van der Waals surface area contributed by atoms with Crippen LogP contribution in [0.5, 0.6) is 0 Å². The standard InChI is InChI=1S/C15H12N2O2/c16-14(18)8-1-3-12-10(5-8)7-11-6-9(15(17)19)2-4-13(11)12/h1-6H,7H2,(H2,16,18)(H2,17,19). The summed E-state index contributed by atoms with van der Waals surface area (Å²) in [5, 5.41) is 0. The summed E-state index contributed by atoms with van der Waals surface area (Å²) < 4.78 is 0. The topological polar surface area (TPSA) is 86.2 Å². The van der Waals surface area contributed by atoms with Gasteiger partial charge in [-0.15, -0.1) is 0 Å². The monoisotopic (exact) mass is 252 g/mol. The van der Waals surface area contributed by atoms with Crippen molar-refractivity contribution in [2.45, 2.75) is 6.42 Å². The van der Waals surface area contributed by atoms with Crippen molar-refractivity contribution in [2.75, 3.05) is 0 Å². The highest BCUT2D eigenvalue weighted by Gasteiger charge is 2.20. The first kappa shape index (κ1) is 11.5. The fraction of sp³-hybridized carbons (Fsp3) is 0.0667. The first-order valence-electron chi connectivity index (χ1n) is 5.92. The molecule has 0 saturated heterocycles. The van der Waals surface area contributed by atoms with Crippen LogP contribution < -0.4 is 11.5 Å². The molecule has 4 N–H and O–H groups in total. The highest BCUT2D eigenvalue weighted by Crippen LogP contribution is 2.37. The maximum Gasteiger partial charge on any atom is 0.248 e. The number of primary amides is 2. The summed E-state index contributed by atoms with van der Waals surface area (Å²) in [6, 6.07) is 10.8. The molecule has 0 radical (unpaired) electrons. The van der Waals surface area contributed by atoms with Crippen LogP contribution in [0.15, 0.2) is 36.4 Å². The number of hydrogen-bond donors (Lipinski definition) is 2. The first-order valence-corrected chi connectivity index (χ1v) is 5.92. The Balaban J connectivity index is 2.10. The Bertz CT molecular complexity index is 659. The van der Waals surface area contributed by atoms with Crippen LogP contribution in [-0.2, 0) is 6.42 Å². The summed E-state index contributed by atoms with van der Waals surface area (Å²) in [5.74, 6) is -0.867. The lowest BCUT2D eigenvalue weighted by Gasteiger charge is -2.03. The van der Waals surface area contributed by atoms with E-state index in [1.807, 2.05) is 24.3 Å². The SMILES string of the molecule is NC(=O)c1ccc2c(c1)Cc1cc(C(N)=O)ccc1-2. The molecule has 2 amide bonds. The molecule has 4 nitrogen and oxygen atoms in total. The lowest BCUT2D eigenvalue weighted by atomic mass is 10.0. The van der Waals surface area contributed by atoms with Gasteiger partial charge in [0, 0.05) is 11.1 Å². The van der Waals surface area contributed by atoms with Crippen molar-refractivity contribution in [2.24, 2.45) is 11.5 Å². The molecule has 0 spiro atoms. The van der Waals surface area contributed by atoms with Crippen LogP contribution in [0.1, 0.15) is 31.8 Å². The first-order chi connectivity index (χ1) is 9.06. The number of fused-ring (bicyclic) bond motifs is 3. The molecule has 0 heterocycles.